The molecule has 1 atom stereocenters. The highest BCUT2D eigenvalue weighted by Crippen LogP contribution is 2.30. The van der Waals surface area contributed by atoms with Crippen LogP contribution in [-0.4, -0.2) is 24.4 Å². The monoisotopic (exact) mass is 364 g/mol. The highest BCUT2D eigenvalue weighted by molar-refractivity contribution is 7.89. The van der Waals surface area contributed by atoms with E-state index >= 15 is 0 Å². The minimum absolute atomic E-state index is 0.149. The largest absolute Gasteiger partial charge is 0.371 e. The van der Waals surface area contributed by atoms with Gasteiger partial charge in [0.2, 0.25) is 10.0 Å². The molecule has 2 N–H and O–H groups in total. The smallest absolute Gasteiger partial charge is 0.293 e. The second-order valence-corrected chi connectivity index (χ2v) is 7.55. The minimum atomic E-state index is -3.81. The molecule has 0 aliphatic rings. The van der Waals surface area contributed by atoms with Crippen molar-refractivity contribution in [3.8, 4) is 0 Å². The van der Waals surface area contributed by atoms with Crippen LogP contribution in [0.5, 0.6) is 0 Å². The van der Waals surface area contributed by atoms with Gasteiger partial charge in [-0.05, 0) is 45.0 Å². The van der Waals surface area contributed by atoms with Crippen molar-refractivity contribution in [3.05, 3.63) is 58.4 Å². The Morgan fingerprint density at radius 2 is 1.88 bits per heavy atom. The summed E-state index contributed by atoms with van der Waals surface area (Å²) in [5.74, 6) is 0. The zero-order chi connectivity index (χ0) is 18.6. The summed E-state index contributed by atoms with van der Waals surface area (Å²) in [4.78, 5) is 14.8. The number of pyridine rings is 1. The predicted octanol–water partition coefficient (Wildman–Crippen LogP) is 2.85. The van der Waals surface area contributed by atoms with Gasteiger partial charge in [0.05, 0.1) is 21.6 Å². The number of sulfonamides is 1. The number of hydrogen-bond acceptors (Lipinski definition) is 6. The van der Waals surface area contributed by atoms with Crippen molar-refractivity contribution in [3.63, 3.8) is 0 Å². The first kappa shape index (κ1) is 18.8. The Morgan fingerprint density at radius 3 is 2.44 bits per heavy atom. The van der Waals surface area contributed by atoms with Crippen LogP contribution in [0.1, 0.15) is 32.5 Å². The minimum Gasteiger partial charge on any atom is -0.371 e. The number of nitrogens with zero attached hydrogens (tertiary/aromatic N) is 2. The van der Waals surface area contributed by atoms with Crippen LogP contribution in [0.15, 0.2) is 47.5 Å². The van der Waals surface area contributed by atoms with Crippen LogP contribution >= 0.6 is 0 Å². The maximum Gasteiger partial charge on any atom is 0.293 e. The number of aromatic nitrogens is 1. The van der Waals surface area contributed by atoms with E-state index in [-0.39, 0.29) is 28.4 Å². The van der Waals surface area contributed by atoms with Crippen LogP contribution in [0, 0.1) is 10.1 Å². The number of nitrogens with one attached hydrogen (secondary N) is 2. The molecular weight excluding hydrogens is 344 g/mol. The maximum atomic E-state index is 12.2. The van der Waals surface area contributed by atoms with Gasteiger partial charge >= 0.3 is 0 Å². The van der Waals surface area contributed by atoms with E-state index in [2.05, 4.69) is 15.0 Å². The van der Waals surface area contributed by atoms with Crippen LogP contribution in [0.2, 0.25) is 0 Å². The summed E-state index contributed by atoms with van der Waals surface area (Å²) in [6.45, 7) is 5.17. The van der Waals surface area contributed by atoms with Gasteiger partial charge in [-0.1, -0.05) is 6.07 Å². The predicted molar refractivity (Wildman–Crippen MR) is 94.8 cm³/mol. The molecule has 0 saturated heterocycles. The lowest BCUT2D eigenvalue weighted by Gasteiger charge is -2.15. The first-order valence-electron chi connectivity index (χ1n) is 7.69. The molecule has 0 radical (unpaired) electrons. The normalized spacial score (nSPS) is 12.8. The fourth-order valence-electron chi connectivity index (χ4n) is 2.27. The molecule has 0 bridgehead atoms. The average Bonchev–Trinajstić information content (AvgIpc) is 2.54. The molecule has 2 aromatic rings. The van der Waals surface area contributed by atoms with Crippen molar-refractivity contribution in [1.82, 2.24) is 9.71 Å². The summed E-state index contributed by atoms with van der Waals surface area (Å²) in [6, 6.07) is 8.59. The van der Waals surface area contributed by atoms with Gasteiger partial charge in [-0.15, -0.1) is 0 Å². The first-order valence-corrected chi connectivity index (χ1v) is 9.17. The van der Waals surface area contributed by atoms with E-state index in [0.29, 0.717) is 0 Å². The second-order valence-electron chi connectivity index (χ2n) is 5.83. The van der Waals surface area contributed by atoms with Crippen molar-refractivity contribution in [2.24, 2.45) is 0 Å². The summed E-state index contributed by atoms with van der Waals surface area (Å²) in [7, 11) is -3.81. The Morgan fingerprint density at radius 1 is 1.16 bits per heavy atom. The van der Waals surface area contributed by atoms with Crippen LogP contribution in [-0.2, 0) is 10.0 Å². The lowest BCUT2D eigenvalue weighted by molar-refractivity contribution is -0.384. The molecule has 1 aromatic carbocycles. The van der Waals surface area contributed by atoms with Crippen molar-refractivity contribution < 1.29 is 13.3 Å². The zero-order valence-electron chi connectivity index (χ0n) is 14.1. The molecular formula is C16H20N4O4S. The van der Waals surface area contributed by atoms with Crippen LogP contribution < -0.4 is 10.0 Å². The summed E-state index contributed by atoms with van der Waals surface area (Å²) >= 11 is 0. The van der Waals surface area contributed by atoms with Gasteiger partial charge < -0.3 is 5.32 Å². The van der Waals surface area contributed by atoms with Gasteiger partial charge in [-0.3, -0.25) is 15.1 Å². The summed E-state index contributed by atoms with van der Waals surface area (Å²) < 4.78 is 26.8. The number of nitro benzene ring substituents is 1. The molecule has 134 valence electrons. The molecule has 8 nitrogen and oxygen atoms in total. The lowest BCUT2D eigenvalue weighted by atomic mass is 10.2. The molecule has 0 aliphatic heterocycles. The Labute approximate surface area is 146 Å². The fraction of sp³-hybridized carbons (Fsp3) is 0.312. The molecule has 1 aromatic heterocycles. The molecule has 2 rings (SSSR count). The van der Waals surface area contributed by atoms with E-state index in [1.54, 1.807) is 32.2 Å². The van der Waals surface area contributed by atoms with Crippen LogP contribution in [0.4, 0.5) is 11.4 Å². The third-order valence-corrected chi connectivity index (χ3v) is 5.03. The Bertz CT molecular complexity index is 854. The van der Waals surface area contributed by atoms with E-state index < -0.39 is 14.9 Å². The van der Waals surface area contributed by atoms with E-state index in [4.69, 9.17) is 0 Å². The molecule has 0 saturated carbocycles. The van der Waals surface area contributed by atoms with E-state index in [1.807, 2.05) is 13.0 Å². The van der Waals surface area contributed by atoms with Gasteiger partial charge in [0.1, 0.15) is 5.69 Å². The molecule has 0 amide bonds. The Balaban J connectivity index is 2.35. The quantitative estimate of drug-likeness (QED) is 0.577. The molecule has 0 unspecified atom stereocenters. The van der Waals surface area contributed by atoms with E-state index in [9.17, 15) is 18.5 Å². The maximum absolute atomic E-state index is 12.2. The number of nitro groups is 1. The molecule has 25 heavy (non-hydrogen) atoms. The highest BCUT2D eigenvalue weighted by Gasteiger charge is 2.23. The Hall–Kier alpha value is -2.52. The first-order chi connectivity index (χ1) is 11.7. The van der Waals surface area contributed by atoms with Gasteiger partial charge in [0.25, 0.3) is 5.69 Å². The van der Waals surface area contributed by atoms with Crippen LogP contribution in [0.25, 0.3) is 0 Å². The molecule has 0 spiro atoms. The molecule has 0 fully saturated rings. The number of anilines is 1. The Kier molecular flexibility index (Phi) is 5.70. The SMILES string of the molecule is CC(C)NS(=O)(=O)c1ccc(N[C@H](C)c2ccccn2)c([N+](=O)[O-])c1. The van der Waals surface area contributed by atoms with Gasteiger partial charge in [0, 0.05) is 18.3 Å². The van der Waals surface area contributed by atoms with Crippen molar-refractivity contribution >= 4 is 21.4 Å². The summed E-state index contributed by atoms with van der Waals surface area (Å²) in [6.07, 6.45) is 1.63. The lowest BCUT2D eigenvalue weighted by Crippen LogP contribution is -2.30. The molecule has 1 heterocycles. The molecule has 0 aliphatic carbocycles. The van der Waals surface area contributed by atoms with Crippen LogP contribution in [0.3, 0.4) is 0 Å². The zero-order valence-corrected chi connectivity index (χ0v) is 14.9. The number of hydrogen-bond donors (Lipinski definition) is 2. The van der Waals surface area contributed by atoms with E-state index in [0.717, 1.165) is 11.8 Å². The second kappa shape index (κ2) is 7.58. The van der Waals surface area contributed by atoms with Gasteiger partial charge in [0.15, 0.2) is 0 Å². The van der Waals surface area contributed by atoms with Crippen molar-refractivity contribution in [2.45, 2.75) is 37.8 Å². The average molecular weight is 364 g/mol. The van der Waals surface area contributed by atoms with Gasteiger partial charge in [-0.25, -0.2) is 13.1 Å². The van der Waals surface area contributed by atoms with Gasteiger partial charge in [-0.2, -0.15) is 0 Å². The number of rotatable bonds is 7. The van der Waals surface area contributed by atoms with Crippen molar-refractivity contribution in [1.29, 1.82) is 0 Å². The third-order valence-electron chi connectivity index (χ3n) is 3.37. The fourth-order valence-corrected chi connectivity index (χ4v) is 3.54. The van der Waals surface area contributed by atoms with E-state index in [1.165, 1.54) is 12.1 Å². The van der Waals surface area contributed by atoms with Crippen molar-refractivity contribution in [2.75, 3.05) is 5.32 Å². The standard InChI is InChI=1S/C16H20N4O4S/c1-11(2)19-25(23,24)13-7-8-15(16(10-13)20(21)22)18-12(3)14-6-4-5-9-17-14/h4-12,18-19H,1-3H3/t12-/m1/s1. The number of benzene rings is 1. The highest BCUT2D eigenvalue weighted by atomic mass is 32.2. The molecule has 9 heteroatoms. The topological polar surface area (TPSA) is 114 Å². The summed E-state index contributed by atoms with van der Waals surface area (Å²) in [5.41, 5.74) is 0.635. The third kappa shape index (κ3) is 4.74. The summed E-state index contributed by atoms with van der Waals surface area (Å²) in [5, 5.41) is 14.4.